The van der Waals surface area contributed by atoms with Crippen molar-refractivity contribution in [2.75, 3.05) is 0 Å². The summed E-state index contributed by atoms with van der Waals surface area (Å²) >= 11 is 0. The fraction of sp³-hybridized carbons (Fsp3) is 0.182. The Bertz CT molecular complexity index is 437. The molecule has 0 aliphatic heterocycles. The van der Waals surface area contributed by atoms with Gasteiger partial charge in [0, 0.05) is 12.1 Å². The molecule has 0 amide bonds. The zero-order valence-corrected chi connectivity index (χ0v) is 7.53. The Balaban J connectivity index is 2.84. The van der Waals surface area contributed by atoms with Gasteiger partial charge in [-0.25, -0.2) is 0 Å². The zero-order valence-electron chi connectivity index (χ0n) is 7.53. The third kappa shape index (κ3) is 1.24. The van der Waals surface area contributed by atoms with E-state index in [9.17, 15) is 5.21 Å². The van der Waals surface area contributed by atoms with Crippen LogP contribution >= 0.6 is 0 Å². The van der Waals surface area contributed by atoms with Crippen molar-refractivity contribution < 1.29 is 4.73 Å². The fourth-order valence-corrected chi connectivity index (χ4v) is 1.57. The van der Waals surface area contributed by atoms with E-state index in [2.05, 4.69) is 6.92 Å². The molecule has 1 aromatic heterocycles. The summed E-state index contributed by atoms with van der Waals surface area (Å²) in [7, 11) is 0. The van der Waals surface area contributed by atoms with E-state index in [-0.39, 0.29) is 0 Å². The lowest BCUT2D eigenvalue weighted by atomic mass is 10.1. The van der Waals surface area contributed by atoms with Crippen molar-refractivity contribution >= 4 is 10.9 Å². The molecule has 2 rings (SSSR count). The highest BCUT2D eigenvalue weighted by molar-refractivity contribution is 5.79. The summed E-state index contributed by atoms with van der Waals surface area (Å²) < 4.78 is 0.911. The van der Waals surface area contributed by atoms with Gasteiger partial charge in [0.15, 0.2) is 6.20 Å². The SMILES string of the molecule is CCc1cc[n+]([O-])c2ccccc12. The van der Waals surface area contributed by atoms with Crippen LogP contribution in [0.5, 0.6) is 0 Å². The first-order valence-corrected chi connectivity index (χ1v) is 4.42. The van der Waals surface area contributed by atoms with E-state index in [1.807, 2.05) is 30.3 Å². The van der Waals surface area contributed by atoms with Crippen LogP contribution in [0.25, 0.3) is 10.9 Å². The molecule has 0 bridgehead atoms. The maximum atomic E-state index is 11.4. The molecule has 1 aromatic carbocycles. The maximum Gasteiger partial charge on any atom is 0.224 e. The van der Waals surface area contributed by atoms with Crippen LogP contribution < -0.4 is 4.73 Å². The van der Waals surface area contributed by atoms with Gasteiger partial charge in [-0.2, -0.15) is 4.73 Å². The molecule has 2 heteroatoms. The predicted molar refractivity (Wildman–Crippen MR) is 52.3 cm³/mol. The van der Waals surface area contributed by atoms with Gasteiger partial charge in [-0.3, -0.25) is 0 Å². The Labute approximate surface area is 77.0 Å². The van der Waals surface area contributed by atoms with Crippen molar-refractivity contribution in [3.8, 4) is 0 Å². The summed E-state index contributed by atoms with van der Waals surface area (Å²) in [5, 5.41) is 12.4. The molecule has 13 heavy (non-hydrogen) atoms. The Hall–Kier alpha value is -1.57. The smallest absolute Gasteiger partial charge is 0.224 e. The predicted octanol–water partition coefficient (Wildman–Crippen LogP) is 2.04. The van der Waals surface area contributed by atoms with E-state index in [0.29, 0.717) is 0 Å². The number of nitrogens with zero attached hydrogens (tertiary/aromatic N) is 1. The average Bonchev–Trinajstić information content (AvgIpc) is 2.19. The molecule has 0 fully saturated rings. The lowest BCUT2D eigenvalue weighted by Crippen LogP contribution is -2.26. The Morgan fingerprint density at radius 2 is 2.00 bits per heavy atom. The third-order valence-corrected chi connectivity index (χ3v) is 2.28. The third-order valence-electron chi connectivity index (χ3n) is 2.28. The number of para-hydroxylation sites is 1. The summed E-state index contributed by atoms with van der Waals surface area (Å²) in [6.45, 7) is 2.09. The van der Waals surface area contributed by atoms with Crippen LogP contribution in [0.1, 0.15) is 12.5 Å². The zero-order chi connectivity index (χ0) is 9.26. The molecule has 0 saturated heterocycles. The van der Waals surface area contributed by atoms with E-state index in [0.717, 1.165) is 22.1 Å². The largest absolute Gasteiger partial charge is 0.618 e. The molecule has 0 unspecified atom stereocenters. The summed E-state index contributed by atoms with van der Waals surface area (Å²) in [6, 6.07) is 9.57. The highest BCUT2D eigenvalue weighted by Gasteiger charge is 2.05. The number of hydrogen-bond acceptors (Lipinski definition) is 1. The molecular weight excluding hydrogens is 162 g/mol. The monoisotopic (exact) mass is 173 g/mol. The molecule has 0 spiro atoms. The maximum absolute atomic E-state index is 11.4. The van der Waals surface area contributed by atoms with Crippen LogP contribution in [0.3, 0.4) is 0 Å². The summed E-state index contributed by atoms with van der Waals surface area (Å²) in [6.07, 6.45) is 2.53. The first-order chi connectivity index (χ1) is 6.33. The molecule has 0 saturated carbocycles. The standard InChI is InChI=1S/C11H11NO/c1-2-9-7-8-12(13)11-6-4-3-5-10(9)11/h3-8H,2H2,1H3. The molecule has 0 atom stereocenters. The van der Waals surface area contributed by atoms with Crippen LogP contribution in [0.15, 0.2) is 36.5 Å². The molecule has 0 aliphatic carbocycles. The van der Waals surface area contributed by atoms with Crippen molar-refractivity contribution in [3.63, 3.8) is 0 Å². The van der Waals surface area contributed by atoms with Gasteiger partial charge in [0.1, 0.15) is 0 Å². The van der Waals surface area contributed by atoms with Gasteiger partial charge in [0.05, 0.1) is 5.39 Å². The summed E-state index contributed by atoms with van der Waals surface area (Å²) in [5.74, 6) is 0. The second-order valence-electron chi connectivity index (χ2n) is 3.04. The van der Waals surface area contributed by atoms with E-state index in [1.165, 1.54) is 5.56 Å². The van der Waals surface area contributed by atoms with Gasteiger partial charge in [-0.05, 0) is 18.1 Å². The van der Waals surface area contributed by atoms with E-state index >= 15 is 0 Å². The number of aromatic nitrogens is 1. The number of pyridine rings is 1. The van der Waals surface area contributed by atoms with Crippen molar-refractivity contribution in [2.45, 2.75) is 13.3 Å². The van der Waals surface area contributed by atoms with Crippen molar-refractivity contribution in [2.24, 2.45) is 0 Å². The van der Waals surface area contributed by atoms with Gasteiger partial charge in [-0.15, -0.1) is 0 Å². The van der Waals surface area contributed by atoms with Gasteiger partial charge in [0.2, 0.25) is 5.52 Å². The lowest BCUT2D eigenvalue weighted by molar-refractivity contribution is -0.577. The normalized spacial score (nSPS) is 10.5. The molecule has 0 radical (unpaired) electrons. The molecule has 0 N–H and O–H groups in total. The second-order valence-corrected chi connectivity index (χ2v) is 3.04. The van der Waals surface area contributed by atoms with Crippen molar-refractivity contribution in [1.82, 2.24) is 0 Å². The fourth-order valence-electron chi connectivity index (χ4n) is 1.57. The number of hydrogen-bond donors (Lipinski definition) is 0. The quantitative estimate of drug-likeness (QED) is 0.479. The highest BCUT2D eigenvalue weighted by Crippen LogP contribution is 2.14. The Morgan fingerprint density at radius 1 is 1.23 bits per heavy atom. The lowest BCUT2D eigenvalue weighted by Gasteiger charge is -2.04. The first kappa shape index (κ1) is 8.05. The molecule has 0 aliphatic rings. The Kier molecular flexibility index (Phi) is 1.89. The average molecular weight is 173 g/mol. The number of aryl methyl sites for hydroxylation is 1. The second kappa shape index (κ2) is 3.05. The number of fused-ring (bicyclic) bond motifs is 1. The summed E-state index contributed by atoms with van der Waals surface area (Å²) in [5.41, 5.74) is 1.98. The molecule has 66 valence electrons. The van der Waals surface area contributed by atoms with Crippen LogP contribution in [-0.4, -0.2) is 0 Å². The van der Waals surface area contributed by atoms with Gasteiger partial charge in [0.25, 0.3) is 0 Å². The molecular formula is C11H11NO. The van der Waals surface area contributed by atoms with Gasteiger partial charge in [-0.1, -0.05) is 19.1 Å². The number of rotatable bonds is 1. The van der Waals surface area contributed by atoms with Crippen LogP contribution in [-0.2, 0) is 6.42 Å². The molecule has 2 aromatic rings. The van der Waals surface area contributed by atoms with Gasteiger partial charge < -0.3 is 5.21 Å². The topological polar surface area (TPSA) is 26.9 Å². The minimum Gasteiger partial charge on any atom is -0.618 e. The first-order valence-electron chi connectivity index (χ1n) is 4.42. The van der Waals surface area contributed by atoms with E-state index in [1.54, 1.807) is 6.20 Å². The number of benzene rings is 1. The van der Waals surface area contributed by atoms with Crippen LogP contribution in [0.4, 0.5) is 0 Å². The molecule has 1 heterocycles. The van der Waals surface area contributed by atoms with E-state index < -0.39 is 0 Å². The minimum absolute atomic E-state index is 0.752. The minimum atomic E-state index is 0.752. The van der Waals surface area contributed by atoms with E-state index in [4.69, 9.17) is 0 Å². The van der Waals surface area contributed by atoms with Crippen LogP contribution in [0, 0.1) is 5.21 Å². The Morgan fingerprint density at radius 3 is 2.77 bits per heavy atom. The highest BCUT2D eigenvalue weighted by atomic mass is 16.5. The van der Waals surface area contributed by atoms with Crippen molar-refractivity contribution in [3.05, 3.63) is 47.3 Å². The summed E-state index contributed by atoms with van der Waals surface area (Å²) in [4.78, 5) is 0. The molecule has 2 nitrogen and oxygen atoms in total. The van der Waals surface area contributed by atoms with Gasteiger partial charge >= 0.3 is 0 Å². The van der Waals surface area contributed by atoms with Crippen molar-refractivity contribution in [1.29, 1.82) is 0 Å². The van der Waals surface area contributed by atoms with Crippen LogP contribution in [0.2, 0.25) is 0 Å².